The number of aromatic hydroxyl groups is 1. The Kier molecular flexibility index (Phi) is 3.11. The van der Waals surface area contributed by atoms with Crippen LogP contribution >= 0.6 is 11.6 Å². The first-order valence-corrected chi connectivity index (χ1v) is 4.10. The fourth-order valence-electron chi connectivity index (χ4n) is 0.965. The van der Waals surface area contributed by atoms with Gasteiger partial charge < -0.3 is 9.84 Å². The predicted octanol–water partition coefficient (Wildman–Crippen LogP) is 1.74. The number of esters is 1. The van der Waals surface area contributed by atoms with Crippen LogP contribution in [-0.2, 0) is 4.74 Å². The summed E-state index contributed by atoms with van der Waals surface area (Å²) in [5, 5.41) is 19.5. The predicted molar refractivity (Wildman–Crippen MR) is 51.1 cm³/mol. The molecule has 0 spiro atoms. The molecule has 15 heavy (non-hydrogen) atoms. The highest BCUT2D eigenvalue weighted by Crippen LogP contribution is 2.31. The van der Waals surface area contributed by atoms with Crippen molar-refractivity contribution in [2.24, 2.45) is 0 Å². The minimum Gasteiger partial charge on any atom is -0.507 e. The van der Waals surface area contributed by atoms with Gasteiger partial charge in [-0.3, -0.25) is 10.1 Å². The largest absolute Gasteiger partial charge is 0.507 e. The van der Waals surface area contributed by atoms with E-state index in [1.807, 2.05) is 0 Å². The Bertz CT molecular complexity index is 431. The average molecular weight is 232 g/mol. The van der Waals surface area contributed by atoms with Crippen molar-refractivity contribution in [3.05, 3.63) is 32.8 Å². The number of halogens is 1. The molecule has 0 atom stereocenters. The molecule has 0 saturated heterocycles. The number of nitro groups is 1. The van der Waals surface area contributed by atoms with E-state index in [1.165, 1.54) is 0 Å². The Morgan fingerprint density at radius 2 is 2.20 bits per heavy atom. The number of ether oxygens (including phenoxy) is 1. The van der Waals surface area contributed by atoms with E-state index in [1.54, 1.807) is 0 Å². The molecule has 1 N–H and O–H groups in total. The van der Waals surface area contributed by atoms with E-state index in [-0.39, 0.29) is 10.6 Å². The summed E-state index contributed by atoms with van der Waals surface area (Å²) in [4.78, 5) is 20.8. The van der Waals surface area contributed by atoms with Gasteiger partial charge in [0.25, 0.3) is 5.69 Å². The van der Waals surface area contributed by atoms with Crippen LogP contribution in [0.4, 0.5) is 5.69 Å². The zero-order valence-corrected chi connectivity index (χ0v) is 8.32. The Balaban J connectivity index is 3.36. The van der Waals surface area contributed by atoms with Crippen LogP contribution in [0, 0.1) is 10.1 Å². The molecule has 0 aliphatic heterocycles. The number of carbonyl (C=O) groups is 1. The molecular weight excluding hydrogens is 226 g/mol. The standard InChI is InChI=1S/C8H6ClNO5/c1-15-8(12)4-2-6(10(13)14)5(9)3-7(4)11/h2-3,11H,1H3. The third-order valence-electron chi connectivity index (χ3n) is 1.67. The number of hydrogen-bond acceptors (Lipinski definition) is 5. The number of rotatable bonds is 2. The van der Waals surface area contributed by atoms with Gasteiger partial charge in [0.1, 0.15) is 16.3 Å². The van der Waals surface area contributed by atoms with E-state index >= 15 is 0 Å². The van der Waals surface area contributed by atoms with E-state index in [2.05, 4.69) is 4.74 Å². The van der Waals surface area contributed by atoms with Crippen LogP contribution in [0.5, 0.6) is 5.75 Å². The van der Waals surface area contributed by atoms with Crippen LogP contribution in [0.25, 0.3) is 0 Å². The summed E-state index contributed by atoms with van der Waals surface area (Å²) in [5.41, 5.74) is -0.761. The summed E-state index contributed by atoms with van der Waals surface area (Å²) in [7, 11) is 1.10. The Hall–Kier alpha value is -1.82. The van der Waals surface area contributed by atoms with Gasteiger partial charge in [0.2, 0.25) is 0 Å². The first-order valence-electron chi connectivity index (χ1n) is 3.72. The summed E-state index contributed by atoms with van der Waals surface area (Å²) < 4.78 is 4.33. The molecular formula is C8H6ClNO5. The number of nitrogens with zero attached hydrogens (tertiary/aromatic N) is 1. The SMILES string of the molecule is COC(=O)c1cc([N+](=O)[O-])c(Cl)cc1O. The van der Waals surface area contributed by atoms with Crippen molar-refractivity contribution in [2.45, 2.75) is 0 Å². The lowest BCUT2D eigenvalue weighted by molar-refractivity contribution is -0.384. The molecule has 1 rings (SSSR count). The Morgan fingerprint density at radius 1 is 1.60 bits per heavy atom. The zero-order valence-electron chi connectivity index (χ0n) is 7.56. The molecule has 0 aliphatic rings. The Labute approximate surface area is 89.2 Å². The monoisotopic (exact) mass is 231 g/mol. The van der Waals surface area contributed by atoms with Crippen molar-refractivity contribution in [2.75, 3.05) is 7.11 Å². The fraction of sp³-hybridized carbons (Fsp3) is 0.125. The second-order valence-electron chi connectivity index (χ2n) is 2.57. The highest BCUT2D eigenvalue weighted by Gasteiger charge is 2.20. The lowest BCUT2D eigenvalue weighted by Gasteiger charge is -2.03. The summed E-state index contributed by atoms with van der Waals surface area (Å²) >= 11 is 5.49. The van der Waals surface area contributed by atoms with Crippen molar-refractivity contribution in [1.82, 2.24) is 0 Å². The highest BCUT2D eigenvalue weighted by atomic mass is 35.5. The summed E-state index contributed by atoms with van der Waals surface area (Å²) in [6, 6.07) is 1.79. The number of phenolic OH excluding ortho intramolecular Hbond substituents is 1. The van der Waals surface area contributed by atoms with Gasteiger partial charge in [-0.1, -0.05) is 11.6 Å². The lowest BCUT2D eigenvalue weighted by atomic mass is 10.2. The van der Waals surface area contributed by atoms with Crippen molar-refractivity contribution in [3.63, 3.8) is 0 Å². The quantitative estimate of drug-likeness (QED) is 0.476. The van der Waals surface area contributed by atoms with Crippen LogP contribution in [0.2, 0.25) is 5.02 Å². The molecule has 0 unspecified atom stereocenters. The maximum Gasteiger partial charge on any atom is 0.341 e. The topological polar surface area (TPSA) is 89.7 Å². The normalized spacial score (nSPS) is 9.73. The van der Waals surface area contributed by atoms with Crippen molar-refractivity contribution >= 4 is 23.3 Å². The number of benzene rings is 1. The summed E-state index contributed by atoms with van der Waals surface area (Å²) in [5.74, 6) is -1.33. The van der Waals surface area contributed by atoms with E-state index < -0.39 is 22.3 Å². The molecule has 6 nitrogen and oxygen atoms in total. The van der Waals surface area contributed by atoms with Crippen LogP contribution in [-0.4, -0.2) is 23.1 Å². The van der Waals surface area contributed by atoms with Crippen molar-refractivity contribution < 1.29 is 19.6 Å². The second kappa shape index (κ2) is 4.14. The van der Waals surface area contributed by atoms with Crippen LogP contribution in [0.1, 0.15) is 10.4 Å². The maximum absolute atomic E-state index is 11.1. The van der Waals surface area contributed by atoms with Gasteiger partial charge in [-0.15, -0.1) is 0 Å². The molecule has 80 valence electrons. The van der Waals surface area contributed by atoms with Crippen molar-refractivity contribution in [3.8, 4) is 5.75 Å². The maximum atomic E-state index is 11.1. The van der Waals surface area contributed by atoms with E-state index in [0.717, 1.165) is 19.2 Å². The fourth-order valence-corrected chi connectivity index (χ4v) is 1.19. The third kappa shape index (κ3) is 2.16. The van der Waals surface area contributed by atoms with Gasteiger partial charge in [-0.25, -0.2) is 4.79 Å². The summed E-state index contributed by atoms with van der Waals surface area (Å²) in [6.45, 7) is 0. The first kappa shape index (κ1) is 11.3. The van der Waals surface area contributed by atoms with E-state index in [4.69, 9.17) is 11.6 Å². The number of phenols is 1. The van der Waals surface area contributed by atoms with Crippen LogP contribution < -0.4 is 0 Å². The van der Waals surface area contributed by atoms with Gasteiger partial charge in [0.05, 0.1) is 12.0 Å². The van der Waals surface area contributed by atoms with Crippen LogP contribution in [0.15, 0.2) is 12.1 Å². The molecule has 1 aromatic carbocycles. The van der Waals surface area contributed by atoms with Gasteiger partial charge >= 0.3 is 5.97 Å². The highest BCUT2D eigenvalue weighted by molar-refractivity contribution is 6.33. The molecule has 7 heteroatoms. The van der Waals surface area contributed by atoms with Gasteiger partial charge in [0.15, 0.2) is 0 Å². The molecule has 0 radical (unpaired) electrons. The molecule has 1 aromatic rings. The number of nitro benzene ring substituents is 1. The summed E-state index contributed by atoms with van der Waals surface area (Å²) in [6.07, 6.45) is 0. The molecule has 0 saturated carbocycles. The smallest absolute Gasteiger partial charge is 0.341 e. The molecule has 0 heterocycles. The number of carbonyl (C=O) groups excluding carboxylic acids is 1. The Morgan fingerprint density at radius 3 is 2.67 bits per heavy atom. The number of hydrogen-bond donors (Lipinski definition) is 1. The van der Waals surface area contributed by atoms with Gasteiger partial charge in [0, 0.05) is 12.1 Å². The molecule has 0 fully saturated rings. The van der Waals surface area contributed by atoms with Crippen molar-refractivity contribution in [1.29, 1.82) is 0 Å². The molecule has 0 aromatic heterocycles. The first-order chi connectivity index (χ1) is 6.97. The minimum absolute atomic E-state index is 0.245. The van der Waals surface area contributed by atoms with Crippen LogP contribution in [0.3, 0.4) is 0 Å². The number of methoxy groups -OCH3 is 1. The minimum atomic E-state index is -0.868. The molecule has 0 aliphatic carbocycles. The zero-order chi connectivity index (χ0) is 11.6. The van der Waals surface area contributed by atoms with E-state index in [0.29, 0.717) is 0 Å². The van der Waals surface area contributed by atoms with Gasteiger partial charge in [-0.2, -0.15) is 0 Å². The van der Waals surface area contributed by atoms with Gasteiger partial charge in [-0.05, 0) is 0 Å². The molecule has 0 amide bonds. The third-order valence-corrected chi connectivity index (χ3v) is 1.97. The second-order valence-corrected chi connectivity index (χ2v) is 2.98. The lowest BCUT2D eigenvalue weighted by Crippen LogP contribution is -2.03. The molecule has 0 bridgehead atoms. The van der Waals surface area contributed by atoms with E-state index in [9.17, 15) is 20.0 Å². The average Bonchev–Trinajstić information content (AvgIpc) is 2.16.